The molecule has 0 heterocycles. The maximum absolute atomic E-state index is 13.0. The maximum atomic E-state index is 13.0. The number of hydrogen-bond donors (Lipinski definition) is 2. The predicted octanol–water partition coefficient (Wildman–Crippen LogP) is 2.30. The van der Waals surface area contributed by atoms with Gasteiger partial charge >= 0.3 is 0 Å². The van der Waals surface area contributed by atoms with Crippen LogP contribution in [0.4, 0.5) is 4.39 Å². The summed E-state index contributed by atoms with van der Waals surface area (Å²) in [5, 5.41) is 8.64. The molecule has 2 nitrogen and oxygen atoms in total. The molecule has 1 aromatic carbocycles. The van der Waals surface area contributed by atoms with Gasteiger partial charge in [-0.3, -0.25) is 0 Å². The van der Waals surface area contributed by atoms with E-state index in [1.54, 1.807) is 19.1 Å². The van der Waals surface area contributed by atoms with Crippen LogP contribution in [-0.2, 0) is 0 Å². The van der Waals surface area contributed by atoms with Crippen molar-refractivity contribution in [2.24, 2.45) is 5.73 Å². The smallest absolute Gasteiger partial charge is 0.126 e. The molecule has 0 saturated heterocycles. The average Bonchev–Trinajstić information content (AvgIpc) is 2.22. The van der Waals surface area contributed by atoms with Gasteiger partial charge in [0.1, 0.15) is 5.82 Å². The van der Waals surface area contributed by atoms with Crippen molar-refractivity contribution in [2.45, 2.75) is 32.2 Å². The first-order valence-corrected chi connectivity index (χ1v) is 5.27. The minimum atomic E-state index is -0.193. The number of unbranched alkanes of at least 4 members (excludes halogenated alkanes) is 1. The van der Waals surface area contributed by atoms with Gasteiger partial charge in [0.25, 0.3) is 0 Å². The van der Waals surface area contributed by atoms with E-state index >= 15 is 0 Å². The van der Waals surface area contributed by atoms with Crippen LogP contribution in [0.25, 0.3) is 0 Å². The first kappa shape index (κ1) is 12.1. The Morgan fingerprint density at radius 3 is 2.73 bits per heavy atom. The van der Waals surface area contributed by atoms with Crippen LogP contribution in [0.15, 0.2) is 18.2 Å². The molecule has 1 rings (SSSR count). The third kappa shape index (κ3) is 3.61. The molecule has 0 radical (unpaired) electrons. The van der Waals surface area contributed by atoms with Gasteiger partial charge in [-0.2, -0.15) is 0 Å². The molecule has 0 aliphatic rings. The molecule has 0 saturated carbocycles. The summed E-state index contributed by atoms with van der Waals surface area (Å²) in [6.07, 6.45) is 2.49. The lowest BCUT2D eigenvalue weighted by molar-refractivity contribution is 0.281. The molecule has 0 aromatic heterocycles. The second kappa shape index (κ2) is 5.83. The lowest BCUT2D eigenvalue weighted by Gasteiger charge is -2.12. The number of aliphatic hydroxyl groups excluding tert-OH is 1. The van der Waals surface area contributed by atoms with Crippen LogP contribution < -0.4 is 5.73 Å². The van der Waals surface area contributed by atoms with Crippen molar-refractivity contribution in [3.63, 3.8) is 0 Å². The molecule has 0 fully saturated rings. The fraction of sp³-hybridized carbons (Fsp3) is 0.500. The van der Waals surface area contributed by atoms with Crippen molar-refractivity contribution in [1.82, 2.24) is 0 Å². The molecule has 15 heavy (non-hydrogen) atoms. The maximum Gasteiger partial charge on any atom is 0.126 e. The zero-order valence-corrected chi connectivity index (χ0v) is 9.04. The van der Waals surface area contributed by atoms with Gasteiger partial charge in [-0.1, -0.05) is 12.1 Å². The minimum absolute atomic E-state index is 0.0594. The summed E-state index contributed by atoms with van der Waals surface area (Å²) >= 11 is 0. The highest BCUT2D eigenvalue weighted by atomic mass is 19.1. The van der Waals surface area contributed by atoms with E-state index in [4.69, 9.17) is 10.8 Å². The van der Waals surface area contributed by atoms with E-state index in [-0.39, 0.29) is 18.5 Å². The molecule has 0 aliphatic heterocycles. The van der Waals surface area contributed by atoms with Crippen LogP contribution in [0, 0.1) is 12.7 Å². The summed E-state index contributed by atoms with van der Waals surface area (Å²) in [4.78, 5) is 0. The molecule has 0 bridgehead atoms. The third-order valence-corrected chi connectivity index (χ3v) is 2.53. The lowest BCUT2D eigenvalue weighted by atomic mass is 10.00. The van der Waals surface area contributed by atoms with E-state index in [0.29, 0.717) is 5.56 Å². The van der Waals surface area contributed by atoms with E-state index in [1.807, 2.05) is 0 Å². The quantitative estimate of drug-likeness (QED) is 0.734. The van der Waals surface area contributed by atoms with E-state index in [2.05, 4.69) is 0 Å². The van der Waals surface area contributed by atoms with Crippen LogP contribution in [0.1, 0.15) is 36.4 Å². The zero-order valence-electron chi connectivity index (χ0n) is 9.04. The van der Waals surface area contributed by atoms with E-state index in [9.17, 15) is 4.39 Å². The summed E-state index contributed by atoms with van der Waals surface area (Å²) in [6.45, 7) is 1.94. The van der Waals surface area contributed by atoms with Gasteiger partial charge in [0.05, 0.1) is 0 Å². The molecule has 0 spiro atoms. The Morgan fingerprint density at radius 1 is 1.40 bits per heavy atom. The number of benzene rings is 1. The van der Waals surface area contributed by atoms with Gasteiger partial charge in [-0.15, -0.1) is 0 Å². The Morgan fingerprint density at radius 2 is 2.13 bits per heavy atom. The van der Waals surface area contributed by atoms with Crippen LogP contribution in [0.3, 0.4) is 0 Å². The standard InChI is InChI=1S/C12H18FNO/c1-9-8-10(5-6-11(9)13)12(14)4-2-3-7-15/h5-6,8,12,15H,2-4,7,14H2,1H3. The first-order chi connectivity index (χ1) is 7.15. The molecule has 1 unspecified atom stereocenters. The van der Waals surface area contributed by atoms with Gasteiger partial charge in [-0.25, -0.2) is 4.39 Å². The highest BCUT2D eigenvalue weighted by molar-refractivity contribution is 5.26. The fourth-order valence-corrected chi connectivity index (χ4v) is 1.54. The number of aliphatic hydroxyl groups is 1. The van der Waals surface area contributed by atoms with Gasteiger partial charge in [0.2, 0.25) is 0 Å². The normalized spacial score (nSPS) is 12.8. The summed E-state index contributed by atoms with van der Waals surface area (Å²) in [6, 6.07) is 4.91. The Hall–Kier alpha value is -0.930. The Kier molecular flexibility index (Phi) is 4.72. The Bertz CT molecular complexity index is 314. The van der Waals surface area contributed by atoms with Gasteiger partial charge in [-0.05, 0) is 43.4 Å². The Labute approximate surface area is 89.9 Å². The van der Waals surface area contributed by atoms with Crippen molar-refractivity contribution in [3.05, 3.63) is 35.1 Å². The summed E-state index contributed by atoms with van der Waals surface area (Å²) in [5.41, 5.74) is 7.55. The second-order valence-corrected chi connectivity index (χ2v) is 3.83. The molecule has 0 amide bonds. The minimum Gasteiger partial charge on any atom is -0.396 e. The number of hydrogen-bond acceptors (Lipinski definition) is 2. The summed E-state index contributed by atoms with van der Waals surface area (Å²) < 4.78 is 13.0. The number of aryl methyl sites for hydroxylation is 1. The SMILES string of the molecule is Cc1cc(C(N)CCCCO)ccc1F. The summed E-state index contributed by atoms with van der Waals surface area (Å²) in [7, 11) is 0. The van der Waals surface area contributed by atoms with Crippen LogP contribution >= 0.6 is 0 Å². The molecular weight excluding hydrogens is 193 g/mol. The van der Waals surface area contributed by atoms with E-state index < -0.39 is 0 Å². The largest absolute Gasteiger partial charge is 0.396 e. The molecule has 3 N–H and O–H groups in total. The number of rotatable bonds is 5. The Balaban J connectivity index is 2.57. The molecule has 3 heteroatoms. The van der Waals surface area contributed by atoms with Crippen molar-refractivity contribution >= 4 is 0 Å². The van der Waals surface area contributed by atoms with Crippen molar-refractivity contribution in [1.29, 1.82) is 0 Å². The number of halogens is 1. The van der Waals surface area contributed by atoms with Crippen LogP contribution in [-0.4, -0.2) is 11.7 Å². The highest BCUT2D eigenvalue weighted by Crippen LogP contribution is 2.19. The van der Waals surface area contributed by atoms with Gasteiger partial charge < -0.3 is 10.8 Å². The van der Waals surface area contributed by atoms with E-state index in [1.165, 1.54) is 6.07 Å². The fourth-order valence-electron chi connectivity index (χ4n) is 1.54. The van der Waals surface area contributed by atoms with Crippen LogP contribution in [0.2, 0.25) is 0 Å². The molecular formula is C12H18FNO. The summed E-state index contributed by atoms with van der Waals surface area (Å²) in [5.74, 6) is -0.193. The van der Waals surface area contributed by atoms with E-state index in [0.717, 1.165) is 24.8 Å². The van der Waals surface area contributed by atoms with Crippen LogP contribution in [0.5, 0.6) is 0 Å². The van der Waals surface area contributed by atoms with Crippen molar-refractivity contribution in [3.8, 4) is 0 Å². The third-order valence-electron chi connectivity index (χ3n) is 2.53. The molecule has 84 valence electrons. The van der Waals surface area contributed by atoms with Crippen molar-refractivity contribution in [2.75, 3.05) is 6.61 Å². The lowest BCUT2D eigenvalue weighted by Crippen LogP contribution is -2.10. The molecule has 1 atom stereocenters. The van der Waals surface area contributed by atoms with Gasteiger partial charge in [0, 0.05) is 12.6 Å². The topological polar surface area (TPSA) is 46.2 Å². The number of nitrogens with two attached hydrogens (primary N) is 1. The predicted molar refractivity (Wildman–Crippen MR) is 59.0 cm³/mol. The zero-order chi connectivity index (χ0) is 11.3. The average molecular weight is 211 g/mol. The second-order valence-electron chi connectivity index (χ2n) is 3.83. The highest BCUT2D eigenvalue weighted by Gasteiger charge is 2.07. The van der Waals surface area contributed by atoms with Gasteiger partial charge in [0.15, 0.2) is 0 Å². The first-order valence-electron chi connectivity index (χ1n) is 5.27. The van der Waals surface area contributed by atoms with Crippen molar-refractivity contribution < 1.29 is 9.50 Å². The molecule has 0 aliphatic carbocycles. The monoisotopic (exact) mass is 211 g/mol. The molecule has 1 aromatic rings.